The lowest BCUT2D eigenvalue weighted by atomic mass is 9.44. The van der Waals surface area contributed by atoms with Crippen molar-refractivity contribution in [2.75, 3.05) is 31.6 Å². The maximum atomic E-state index is 13.4. The van der Waals surface area contributed by atoms with E-state index >= 15 is 0 Å². The summed E-state index contributed by atoms with van der Waals surface area (Å²) in [5.41, 5.74) is 1.05. The molecule has 200 valence electrons. The van der Waals surface area contributed by atoms with Crippen molar-refractivity contribution in [3.8, 4) is 0 Å². The minimum absolute atomic E-state index is 0. The van der Waals surface area contributed by atoms with Crippen LogP contribution in [-0.4, -0.2) is 54.5 Å². The van der Waals surface area contributed by atoms with Crippen molar-refractivity contribution in [2.24, 2.45) is 22.7 Å². The molecule has 4 saturated carbocycles. The first-order valence-electron chi connectivity index (χ1n) is 13.5. The van der Waals surface area contributed by atoms with Crippen molar-refractivity contribution in [1.29, 1.82) is 0 Å². The lowest BCUT2D eigenvalue weighted by Gasteiger charge is -2.62. The minimum atomic E-state index is -0.249. The number of piperidine rings is 1. The Morgan fingerprint density at radius 1 is 1.14 bits per heavy atom. The van der Waals surface area contributed by atoms with Crippen LogP contribution in [0.25, 0.3) is 0 Å². The molecule has 0 radical (unpaired) electrons. The number of hydrogen-bond acceptors (Lipinski definition) is 6. The van der Waals surface area contributed by atoms with Gasteiger partial charge in [-0.25, -0.2) is 4.98 Å². The molecule has 1 saturated heterocycles. The first-order valence-corrected chi connectivity index (χ1v) is 13.5. The van der Waals surface area contributed by atoms with Crippen molar-refractivity contribution < 1.29 is 18.7 Å². The van der Waals surface area contributed by atoms with Crippen LogP contribution in [0.1, 0.15) is 67.5 Å². The van der Waals surface area contributed by atoms with Gasteiger partial charge in [0.25, 0.3) is 5.91 Å². The summed E-state index contributed by atoms with van der Waals surface area (Å²) in [4.78, 5) is 35.3. The number of carbonyl (C=O) groups excluding carboxylic acids is 2. The number of nitrogens with zero attached hydrogens (tertiary/aromatic N) is 3. The first-order chi connectivity index (χ1) is 17.4. The molecule has 5 aliphatic rings. The number of aromatic nitrogens is 1. The number of likely N-dealkylation sites (tertiary alicyclic amines) is 1. The maximum Gasteiger partial charge on any atom is 0.311 e. The number of amides is 1. The van der Waals surface area contributed by atoms with Crippen molar-refractivity contribution in [2.45, 2.75) is 64.3 Å². The number of ether oxygens (including phenoxy) is 1. The third-order valence-electron chi connectivity index (χ3n) is 9.38. The van der Waals surface area contributed by atoms with E-state index in [0.717, 1.165) is 57.3 Å². The van der Waals surface area contributed by atoms with Gasteiger partial charge in [0.1, 0.15) is 5.82 Å². The summed E-state index contributed by atoms with van der Waals surface area (Å²) < 4.78 is 10.8. The van der Waals surface area contributed by atoms with Crippen LogP contribution in [-0.2, 0) is 9.53 Å². The normalized spacial score (nSPS) is 31.1. The highest BCUT2D eigenvalue weighted by atomic mass is 35.5. The zero-order valence-corrected chi connectivity index (χ0v) is 22.7. The zero-order chi connectivity index (χ0) is 24.9. The van der Waals surface area contributed by atoms with Crippen LogP contribution in [0.3, 0.4) is 0 Å². The summed E-state index contributed by atoms with van der Waals surface area (Å²) >= 11 is 0. The van der Waals surface area contributed by atoms with Crippen molar-refractivity contribution >= 4 is 30.1 Å². The van der Waals surface area contributed by atoms with Crippen LogP contribution in [0.5, 0.6) is 0 Å². The van der Waals surface area contributed by atoms with Gasteiger partial charge < -0.3 is 14.1 Å². The standard InChI is InChI=1S/C29H37N3O4.ClH/c1-20-5-6-25(30-17-20)32(26(33)24-4-3-11-36-24)23-7-9-31(10-8-23)19-28-13-21-12-22(14-28)16-29(15-21,18-28)27(34)35-2;/h3-6,11,17,21-23H,7-10,12-16,18-19H2,1-2H3;1H. The predicted octanol–water partition coefficient (Wildman–Crippen LogP) is 5.28. The van der Waals surface area contributed by atoms with Gasteiger partial charge >= 0.3 is 5.97 Å². The molecular weight excluding hydrogens is 490 g/mol. The smallest absolute Gasteiger partial charge is 0.311 e. The van der Waals surface area contributed by atoms with E-state index < -0.39 is 0 Å². The van der Waals surface area contributed by atoms with Gasteiger partial charge in [0, 0.05) is 31.9 Å². The molecule has 2 unspecified atom stereocenters. The number of halogens is 1. The summed E-state index contributed by atoms with van der Waals surface area (Å²) in [5, 5.41) is 0. The Morgan fingerprint density at radius 3 is 2.46 bits per heavy atom. The Balaban J connectivity index is 0.00000280. The predicted molar refractivity (Wildman–Crippen MR) is 143 cm³/mol. The van der Waals surface area contributed by atoms with E-state index in [-0.39, 0.29) is 41.2 Å². The Bertz CT molecular complexity index is 1100. The fraction of sp³-hybridized carbons (Fsp3) is 0.621. The van der Waals surface area contributed by atoms with Crippen LogP contribution in [0.2, 0.25) is 0 Å². The largest absolute Gasteiger partial charge is 0.469 e. The average molecular weight is 528 g/mol. The zero-order valence-electron chi connectivity index (χ0n) is 21.9. The summed E-state index contributed by atoms with van der Waals surface area (Å²) in [7, 11) is 1.55. The Hall–Kier alpha value is -2.38. The molecule has 2 aromatic rings. The number of pyridine rings is 1. The molecule has 2 atom stereocenters. The lowest BCUT2D eigenvalue weighted by molar-refractivity contribution is -0.180. The fourth-order valence-corrected chi connectivity index (χ4v) is 8.48. The molecule has 4 bridgehead atoms. The lowest BCUT2D eigenvalue weighted by Crippen LogP contribution is -2.59. The third kappa shape index (κ3) is 4.81. The van der Waals surface area contributed by atoms with Crippen LogP contribution in [0, 0.1) is 29.6 Å². The molecular formula is C29H38ClN3O4. The van der Waals surface area contributed by atoms with Gasteiger partial charge in [0.05, 0.1) is 18.8 Å². The number of methoxy groups -OCH3 is 1. The Labute approximate surface area is 225 Å². The summed E-state index contributed by atoms with van der Waals surface area (Å²) in [6.45, 7) is 4.95. The van der Waals surface area contributed by atoms with Gasteiger partial charge in [0.2, 0.25) is 0 Å². The Morgan fingerprint density at radius 2 is 1.86 bits per heavy atom. The van der Waals surface area contributed by atoms with Gasteiger partial charge in [-0.1, -0.05) is 6.07 Å². The quantitative estimate of drug-likeness (QED) is 0.476. The SMILES string of the molecule is COC(=O)C12CC3CC(CC(CN4CCC(N(C(=O)c5ccco5)c5ccc(C)cn5)CC4)(C3)C1)C2.Cl. The van der Waals surface area contributed by atoms with E-state index in [1.54, 1.807) is 25.5 Å². The number of esters is 1. The number of aryl methyl sites for hydroxylation is 1. The number of rotatable bonds is 6. The van der Waals surface area contributed by atoms with E-state index in [0.29, 0.717) is 23.4 Å². The fourth-order valence-electron chi connectivity index (χ4n) is 8.48. The second kappa shape index (κ2) is 10.1. The van der Waals surface area contributed by atoms with E-state index in [4.69, 9.17) is 9.15 Å². The van der Waals surface area contributed by atoms with Crippen LogP contribution < -0.4 is 4.90 Å². The van der Waals surface area contributed by atoms with Crippen LogP contribution in [0.4, 0.5) is 5.82 Å². The van der Waals surface area contributed by atoms with Gasteiger partial charge in [-0.2, -0.15) is 0 Å². The molecule has 7 rings (SSSR count). The average Bonchev–Trinajstić information content (AvgIpc) is 3.40. The van der Waals surface area contributed by atoms with Crippen molar-refractivity contribution in [1.82, 2.24) is 9.88 Å². The highest BCUT2D eigenvalue weighted by molar-refractivity contribution is 6.04. The van der Waals surface area contributed by atoms with Crippen molar-refractivity contribution in [3.63, 3.8) is 0 Å². The molecule has 4 aliphatic carbocycles. The minimum Gasteiger partial charge on any atom is -0.469 e. The number of carbonyl (C=O) groups is 2. The van der Waals surface area contributed by atoms with Crippen molar-refractivity contribution in [3.05, 3.63) is 48.0 Å². The molecule has 8 heteroatoms. The van der Waals surface area contributed by atoms with E-state index in [1.165, 1.54) is 19.3 Å². The molecule has 0 N–H and O–H groups in total. The number of furan rings is 1. The van der Waals surface area contributed by atoms with Gasteiger partial charge in [-0.3, -0.25) is 14.5 Å². The maximum absolute atomic E-state index is 13.4. The molecule has 1 aliphatic heterocycles. The van der Waals surface area contributed by atoms with E-state index in [1.807, 2.05) is 30.2 Å². The molecule has 0 spiro atoms. The molecule has 0 aromatic carbocycles. The monoisotopic (exact) mass is 527 g/mol. The molecule has 1 amide bonds. The van der Waals surface area contributed by atoms with E-state index in [9.17, 15) is 9.59 Å². The highest BCUT2D eigenvalue weighted by Gasteiger charge is 2.61. The second-order valence-corrected chi connectivity index (χ2v) is 12.1. The third-order valence-corrected chi connectivity index (χ3v) is 9.38. The summed E-state index contributed by atoms with van der Waals surface area (Å²) in [6.07, 6.45) is 12.0. The van der Waals surface area contributed by atoms with Crippen LogP contribution in [0.15, 0.2) is 41.1 Å². The van der Waals surface area contributed by atoms with Gasteiger partial charge in [-0.05, 0) is 99.3 Å². The summed E-state index contributed by atoms with van der Waals surface area (Å²) in [5.74, 6) is 2.25. The second-order valence-electron chi connectivity index (χ2n) is 12.1. The van der Waals surface area contributed by atoms with Crippen LogP contribution >= 0.6 is 12.4 Å². The Kier molecular flexibility index (Phi) is 7.14. The number of hydrogen-bond donors (Lipinski definition) is 0. The molecule has 7 nitrogen and oxygen atoms in total. The molecule has 3 heterocycles. The highest BCUT2D eigenvalue weighted by Crippen LogP contribution is 2.65. The van der Waals surface area contributed by atoms with Gasteiger partial charge in [-0.15, -0.1) is 12.4 Å². The van der Waals surface area contributed by atoms with E-state index in [2.05, 4.69) is 9.88 Å². The summed E-state index contributed by atoms with van der Waals surface area (Å²) in [6, 6.07) is 7.49. The molecule has 37 heavy (non-hydrogen) atoms. The number of anilines is 1. The topological polar surface area (TPSA) is 75.9 Å². The first kappa shape index (κ1) is 26.2. The molecule has 2 aromatic heterocycles. The van der Waals surface area contributed by atoms with Gasteiger partial charge in [0.15, 0.2) is 5.76 Å². The molecule has 5 fully saturated rings.